The van der Waals surface area contributed by atoms with E-state index in [2.05, 4.69) is 10.3 Å². The Morgan fingerprint density at radius 2 is 2.43 bits per heavy atom. The van der Waals surface area contributed by atoms with Crippen LogP contribution in [0.2, 0.25) is 0 Å². The largest absolute Gasteiger partial charge is 0.350 e. The van der Waals surface area contributed by atoms with E-state index in [-0.39, 0.29) is 11.4 Å². The Bertz CT molecular complexity index is 295. The van der Waals surface area contributed by atoms with E-state index < -0.39 is 0 Å². The van der Waals surface area contributed by atoms with Gasteiger partial charge in [0.15, 0.2) is 0 Å². The molecule has 0 aromatic carbocycles. The van der Waals surface area contributed by atoms with Gasteiger partial charge < -0.3 is 11.1 Å². The predicted molar refractivity (Wildman–Crippen MR) is 57.1 cm³/mol. The molecule has 0 saturated carbocycles. The van der Waals surface area contributed by atoms with E-state index in [9.17, 15) is 4.79 Å². The summed E-state index contributed by atoms with van der Waals surface area (Å²) >= 11 is 1.49. The zero-order valence-corrected chi connectivity index (χ0v) is 9.23. The van der Waals surface area contributed by atoms with Crippen LogP contribution in [0.4, 0.5) is 0 Å². The van der Waals surface area contributed by atoms with Gasteiger partial charge in [-0.2, -0.15) is 0 Å². The highest BCUT2D eigenvalue weighted by molar-refractivity contribution is 7.07. The molecule has 0 spiro atoms. The fraction of sp³-hybridized carbons (Fsp3) is 0.556. The maximum absolute atomic E-state index is 11.5. The van der Waals surface area contributed by atoms with Crippen LogP contribution in [0.25, 0.3) is 0 Å². The number of nitrogens with two attached hydrogens (primary N) is 1. The number of hydrogen-bond donors (Lipinski definition) is 2. The van der Waals surface area contributed by atoms with Crippen LogP contribution in [0.15, 0.2) is 10.9 Å². The molecule has 0 bridgehead atoms. The Morgan fingerprint density at radius 3 is 2.93 bits per heavy atom. The van der Waals surface area contributed by atoms with Crippen molar-refractivity contribution in [3.8, 4) is 0 Å². The third kappa shape index (κ3) is 3.43. The molecule has 1 aromatic rings. The van der Waals surface area contributed by atoms with Crippen LogP contribution < -0.4 is 11.1 Å². The average molecular weight is 213 g/mol. The summed E-state index contributed by atoms with van der Waals surface area (Å²) in [5, 5.41) is 4.71. The van der Waals surface area contributed by atoms with Crippen molar-refractivity contribution in [2.24, 2.45) is 5.73 Å². The molecule has 1 rings (SSSR count). The van der Waals surface area contributed by atoms with E-state index in [4.69, 9.17) is 5.73 Å². The summed E-state index contributed by atoms with van der Waals surface area (Å²) in [7, 11) is 0. The molecule has 0 unspecified atom stereocenters. The molecule has 4 nitrogen and oxygen atoms in total. The Balaban J connectivity index is 2.44. The minimum Gasteiger partial charge on any atom is -0.350 e. The molecule has 0 saturated heterocycles. The summed E-state index contributed by atoms with van der Waals surface area (Å²) in [6, 6.07) is 0. The average Bonchev–Trinajstić information content (AvgIpc) is 2.55. The second-order valence-corrected chi connectivity index (χ2v) is 4.51. The Morgan fingerprint density at radius 1 is 1.71 bits per heavy atom. The first-order chi connectivity index (χ1) is 6.53. The topological polar surface area (TPSA) is 68.0 Å². The summed E-state index contributed by atoms with van der Waals surface area (Å²) in [5.41, 5.74) is 7.68. The van der Waals surface area contributed by atoms with Crippen LogP contribution >= 0.6 is 11.3 Å². The molecule has 0 aliphatic rings. The summed E-state index contributed by atoms with van der Waals surface area (Å²) in [6.07, 6.45) is 0.326. The number of aromatic nitrogens is 1. The fourth-order valence-electron chi connectivity index (χ4n) is 0.962. The van der Waals surface area contributed by atoms with Crippen LogP contribution in [0.3, 0.4) is 0 Å². The van der Waals surface area contributed by atoms with Gasteiger partial charge in [0.1, 0.15) is 0 Å². The molecule has 0 fully saturated rings. The molecule has 1 heterocycles. The molecule has 1 aromatic heterocycles. The van der Waals surface area contributed by atoms with Crippen LogP contribution in [0.5, 0.6) is 0 Å². The van der Waals surface area contributed by atoms with Crippen molar-refractivity contribution in [3.05, 3.63) is 16.6 Å². The first kappa shape index (κ1) is 11.1. The highest BCUT2D eigenvalue weighted by atomic mass is 32.1. The highest BCUT2D eigenvalue weighted by Crippen LogP contribution is 2.03. The van der Waals surface area contributed by atoms with Crippen molar-refractivity contribution < 1.29 is 4.79 Å². The van der Waals surface area contributed by atoms with Crippen LogP contribution in [-0.2, 0) is 11.2 Å². The van der Waals surface area contributed by atoms with E-state index in [1.807, 2.05) is 19.2 Å². The van der Waals surface area contributed by atoms with Gasteiger partial charge in [-0.05, 0) is 13.8 Å². The second-order valence-electron chi connectivity index (χ2n) is 3.79. The zero-order chi connectivity index (χ0) is 10.6. The van der Waals surface area contributed by atoms with Gasteiger partial charge in [-0.15, -0.1) is 11.3 Å². The van der Waals surface area contributed by atoms with Crippen LogP contribution in [0, 0.1) is 0 Å². The quantitative estimate of drug-likeness (QED) is 0.767. The van der Waals surface area contributed by atoms with E-state index >= 15 is 0 Å². The normalized spacial score (nSPS) is 11.4. The van der Waals surface area contributed by atoms with Gasteiger partial charge in [0.2, 0.25) is 5.91 Å². The van der Waals surface area contributed by atoms with Gasteiger partial charge in [-0.25, -0.2) is 4.98 Å². The maximum Gasteiger partial charge on any atom is 0.226 e. The number of amides is 1. The predicted octanol–water partition coefficient (Wildman–Crippen LogP) is 0.539. The lowest BCUT2D eigenvalue weighted by molar-refractivity contribution is -0.121. The van der Waals surface area contributed by atoms with Crippen LogP contribution in [-0.4, -0.2) is 23.0 Å². The number of nitrogens with one attached hydrogen (secondary N) is 1. The number of carbonyl (C=O) groups is 1. The van der Waals surface area contributed by atoms with E-state index in [0.29, 0.717) is 13.0 Å². The number of nitrogens with zero attached hydrogens (tertiary/aromatic N) is 1. The Hall–Kier alpha value is -0.940. The Kier molecular flexibility index (Phi) is 3.60. The molecule has 1 amide bonds. The SMILES string of the molecule is CC(C)(CN)NC(=O)Cc1cscn1. The van der Waals surface area contributed by atoms with Crippen molar-refractivity contribution in [2.45, 2.75) is 25.8 Å². The molecule has 14 heavy (non-hydrogen) atoms. The van der Waals surface area contributed by atoms with Crippen molar-refractivity contribution in [2.75, 3.05) is 6.54 Å². The van der Waals surface area contributed by atoms with Gasteiger partial charge in [0.25, 0.3) is 0 Å². The monoisotopic (exact) mass is 213 g/mol. The number of thiazole rings is 1. The van der Waals surface area contributed by atoms with Gasteiger partial charge >= 0.3 is 0 Å². The molecule has 0 aliphatic carbocycles. The number of rotatable bonds is 4. The van der Waals surface area contributed by atoms with E-state index in [0.717, 1.165) is 5.69 Å². The number of carbonyl (C=O) groups excluding carboxylic acids is 1. The zero-order valence-electron chi connectivity index (χ0n) is 8.41. The molecular formula is C9H15N3OS. The third-order valence-electron chi connectivity index (χ3n) is 1.81. The van der Waals surface area contributed by atoms with Gasteiger partial charge in [0, 0.05) is 17.5 Å². The first-order valence-corrected chi connectivity index (χ1v) is 5.36. The molecule has 5 heteroatoms. The van der Waals surface area contributed by atoms with Gasteiger partial charge in [-0.1, -0.05) is 0 Å². The lowest BCUT2D eigenvalue weighted by atomic mass is 10.1. The lowest BCUT2D eigenvalue weighted by Gasteiger charge is -2.23. The minimum atomic E-state index is -0.340. The Labute approximate surface area is 87.5 Å². The smallest absolute Gasteiger partial charge is 0.226 e. The summed E-state index contributed by atoms with van der Waals surface area (Å²) in [4.78, 5) is 15.5. The lowest BCUT2D eigenvalue weighted by Crippen LogP contribution is -2.49. The molecule has 0 atom stereocenters. The van der Waals surface area contributed by atoms with Crippen molar-refractivity contribution in [3.63, 3.8) is 0 Å². The second kappa shape index (κ2) is 4.52. The molecule has 0 aliphatic heterocycles. The fourth-order valence-corrected chi connectivity index (χ4v) is 1.52. The van der Waals surface area contributed by atoms with Crippen molar-refractivity contribution in [1.82, 2.24) is 10.3 Å². The molecular weight excluding hydrogens is 198 g/mol. The molecule has 0 radical (unpaired) electrons. The minimum absolute atomic E-state index is 0.0358. The molecule has 3 N–H and O–H groups in total. The van der Waals surface area contributed by atoms with Crippen LogP contribution in [0.1, 0.15) is 19.5 Å². The standard InChI is InChI=1S/C9H15N3OS/c1-9(2,5-10)12-8(13)3-7-4-14-6-11-7/h4,6H,3,5,10H2,1-2H3,(H,12,13). The summed E-state index contributed by atoms with van der Waals surface area (Å²) in [6.45, 7) is 4.22. The highest BCUT2D eigenvalue weighted by Gasteiger charge is 2.18. The van der Waals surface area contributed by atoms with E-state index in [1.54, 1.807) is 5.51 Å². The summed E-state index contributed by atoms with van der Waals surface area (Å²) < 4.78 is 0. The molecule has 78 valence electrons. The third-order valence-corrected chi connectivity index (χ3v) is 2.45. The number of hydrogen-bond acceptors (Lipinski definition) is 4. The van der Waals surface area contributed by atoms with Gasteiger partial charge in [0.05, 0.1) is 17.6 Å². The first-order valence-electron chi connectivity index (χ1n) is 4.41. The maximum atomic E-state index is 11.5. The van der Waals surface area contributed by atoms with Gasteiger partial charge in [-0.3, -0.25) is 4.79 Å². The van der Waals surface area contributed by atoms with Crippen molar-refractivity contribution >= 4 is 17.2 Å². The summed E-state index contributed by atoms with van der Waals surface area (Å²) in [5.74, 6) is -0.0358. The van der Waals surface area contributed by atoms with E-state index in [1.165, 1.54) is 11.3 Å². The van der Waals surface area contributed by atoms with Crippen molar-refractivity contribution in [1.29, 1.82) is 0 Å².